The Morgan fingerprint density at radius 2 is 1.12 bits per heavy atom. The third-order valence-electron chi connectivity index (χ3n) is 10.5. The van der Waals surface area contributed by atoms with E-state index in [1.165, 1.54) is 53.0 Å². The minimum atomic E-state index is -1.78. The maximum absolute atomic E-state index is 7.10. The van der Waals surface area contributed by atoms with Gasteiger partial charge in [-0.3, -0.25) is 0 Å². The van der Waals surface area contributed by atoms with Gasteiger partial charge in [0.25, 0.3) is 0 Å². The molecule has 2 heteroatoms. The van der Waals surface area contributed by atoms with E-state index in [1.54, 1.807) is 0 Å². The lowest BCUT2D eigenvalue weighted by Crippen LogP contribution is -2.01. The molecule has 246 valence electrons. The molecule has 0 saturated heterocycles. The second-order valence-electron chi connectivity index (χ2n) is 13.4. The minimum absolute atomic E-state index is 0.926. The number of allylic oxidation sites excluding steroid dienone is 1. The predicted molar refractivity (Wildman–Crippen MR) is 214 cm³/mol. The maximum atomic E-state index is 7.10. The number of rotatable bonds is 6. The van der Waals surface area contributed by atoms with E-state index in [0.717, 1.165) is 46.6 Å². The van der Waals surface area contributed by atoms with E-state index in [-0.39, 0.29) is 0 Å². The second-order valence-corrected chi connectivity index (χ2v) is 16.4. The molecule has 1 nitrogen and oxygen atoms in total. The molecule has 0 atom stereocenters. The summed E-state index contributed by atoms with van der Waals surface area (Å²) in [6.45, 7) is 0. The molecule has 0 N–H and O–H groups in total. The van der Waals surface area contributed by atoms with Crippen molar-refractivity contribution in [2.45, 2.75) is 32.4 Å². The van der Waals surface area contributed by atoms with Crippen molar-refractivity contribution in [3.8, 4) is 56.0 Å². The smallest absolute Gasteiger partial charge is 0.142 e. The van der Waals surface area contributed by atoms with Crippen LogP contribution in [0.2, 0.25) is 0 Å². The lowest BCUT2D eigenvalue weighted by atomic mass is 9.91. The topological polar surface area (TPSA) is 13.1 Å². The lowest BCUT2D eigenvalue weighted by Gasteiger charge is -2.39. The van der Waals surface area contributed by atoms with Crippen molar-refractivity contribution in [1.82, 2.24) is 0 Å². The molecule has 7 aromatic carbocycles. The number of hydrogen-bond donors (Lipinski definition) is 0. The summed E-state index contributed by atoms with van der Waals surface area (Å²) < 4.78 is 7.10. The lowest BCUT2D eigenvalue weighted by molar-refractivity contribution is 0.594. The van der Waals surface area contributed by atoms with Gasteiger partial charge in [0.2, 0.25) is 0 Å². The van der Waals surface area contributed by atoms with E-state index < -0.39 is 10.0 Å². The Labute approximate surface area is 306 Å². The monoisotopic (exact) mass is 682 g/mol. The Bertz CT molecular complexity index is 2560. The van der Waals surface area contributed by atoms with Crippen molar-refractivity contribution in [2.24, 2.45) is 0 Å². The summed E-state index contributed by atoms with van der Waals surface area (Å²) in [5.74, 6) is 1.87. The highest BCUT2D eigenvalue weighted by Crippen LogP contribution is 2.80. The number of furan rings is 1. The standard InChI is InChI=1S/C50H34OS/c1-5-17-35(18-6-1)37-29-31-47-45(33-37)46-34-38(30-32-48(46)52(47,39-21-9-3-10-22-39)40-23-11-4-12-24-40)49-43-27-15-16-28-44(43)50(51-49)42-26-14-13-25-41(42)36-19-7-2-8-20-36/h1-7,9-15,17-19,21-27,29-34H,16,28H2. The average Bonchev–Trinajstić information content (AvgIpc) is 3.76. The highest BCUT2D eigenvalue weighted by molar-refractivity contribution is 8.34. The van der Waals surface area contributed by atoms with E-state index in [2.05, 4.69) is 182 Å². The number of fused-ring (bicyclic) bond motifs is 4. The molecular weight excluding hydrogens is 649 g/mol. The van der Waals surface area contributed by atoms with Gasteiger partial charge in [-0.2, -0.15) is 0 Å². The van der Waals surface area contributed by atoms with Gasteiger partial charge in [0, 0.05) is 53.0 Å². The summed E-state index contributed by atoms with van der Waals surface area (Å²) in [4.78, 5) is 5.43. The number of hydrogen-bond acceptors (Lipinski definition) is 1. The maximum Gasteiger partial charge on any atom is 0.142 e. The summed E-state index contributed by atoms with van der Waals surface area (Å²) in [6, 6.07) is 68.2. The van der Waals surface area contributed by atoms with Gasteiger partial charge in [0.15, 0.2) is 0 Å². The van der Waals surface area contributed by atoms with Crippen LogP contribution in [0.1, 0.15) is 17.5 Å². The summed E-state index contributed by atoms with van der Waals surface area (Å²) in [5, 5.41) is 0. The third kappa shape index (κ3) is 4.74. The normalized spacial score (nSPS) is 14.2. The molecule has 1 aliphatic heterocycles. The fourth-order valence-electron chi connectivity index (χ4n) is 8.17. The Balaban J connectivity index is 1.22. The van der Waals surface area contributed by atoms with Crippen molar-refractivity contribution >= 4 is 16.1 Å². The Kier molecular flexibility index (Phi) is 7.34. The van der Waals surface area contributed by atoms with Crippen molar-refractivity contribution < 1.29 is 4.42 Å². The van der Waals surface area contributed by atoms with Crippen molar-refractivity contribution in [1.29, 1.82) is 0 Å². The summed E-state index contributed by atoms with van der Waals surface area (Å²) >= 11 is 0. The van der Waals surface area contributed by atoms with Crippen LogP contribution < -0.4 is 0 Å². The molecule has 0 fully saturated rings. The highest BCUT2D eigenvalue weighted by atomic mass is 32.3. The van der Waals surface area contributed by atoms with E-state index >= 15 is 0 Å². The van der Waals surface area contributed by atoms with E-state index in [0.29, 0.717) is 0 Å². The molecule has 8 aromatic rings. The molecule has 0 spiro atoms. The van der Waals surface area contributed by atoms with Crippen LogP contribution in [0.5, 0.6) is 0 Å². The first-order valence-electron chi connectivity index (χ1n) is 17.9. The first kappa shape index (κ1) is 30.5. The summed E-state index contributed by atoms with van der Waals surface area (Å²) in [7, 11) is -1.78. The van der Waals surface area contributed by atoms with Crippen LogP contribution in [0, 0.1) is 12.1 Å². The van der Waals surface area contributed by atoms with Crippen LogP contribution >= 0.6 is 10.0 Å². The fraction of sp³-hybridized carbons (Fsp3) is 0.0400. The van der Waals surface area contributed by atoms with Crippen molar-refractivity contribution in [3.63, 3.8) is 0 Å². The Morgan fingerprint density at radius 1 is 0.500 bits per heavy atom. The molecule has 52 heavy (non-hydrogen) atoms. The molecule has 0 bridgehead atoms. The van der Waals surface area contributed by atoms with Crippen LogP contribution in [0.15, 0.2) is 200 Å². The quantitative estimate of drug-likeness (QED) is 0.170. The zero-order chi connectivity index (χ0) is 34.5. The molecule has 0 unspecified atom stereocenters. The fourth-order valence-corrected chi connectivity index (χ4v) is 12.4. The molecule has 2 aliphatic rings. The Morgan fingerprint density at radius 3 is 1.79 bits per heavy atom. The molecule has 1 aromatic heterocycles. The van der Waals surface area contributed by atoms with Crippen molar-refractivity contribution in [2.75, 3.05) is 0 Å². The van der Waals surface area contributed by atoms with Gasteiger partial charge in [-0.05, 0) is 95.8 Å². The zero-order valence-corrected chi connectivity index (χ0v) is 29.4. The van der Waals surface area contributed by atoms with E-state index in [1.807, 2.05) is 12.1 Å². The molecule has 0 saturated carbocycles. The van der Waals surface area contributed by atoms with Crippen molar-refractivity contribution in [3.05, 3.63) is 199 Å². The van der Waals surface area contributed by atoms with Gasteiger partial charge in [0.05, 0.1) is 0 Å². The largest absolute Gasteiger partial charge is 0.455 e. The molecule has 1 aliphatic carbocycles. The highest BCUT2D eigenvalue weighted by Gasteiger charge is 2.42. The van der Waals surface area contributed by atoms with Gasteiger partial charge >= 0.3 is 0 Å². The van der Waals surface area contributed by atoms with E-state index in [4.69, 9.17) is 4.42 Å². The first-order valence-corrected chi connectivity index (χ1v) is 19.5. The molecule has 0 amide bonds. The van der Waals surface area contributed by atoms with Crippen LogP contribution in [-0.2, 0) is 6.42 Å². The van der Waals surface area contributed by atoms with Gasteiger partial charge in [-0.15, -0.1) is 10.0 Å². The summed E-state index contributed by atoms with van der Waals surface area (Å²) in [5.41, 5.74) is 11.8. The van der Waals surface area contributed by atoms with Gasteiger partial charge in [0.1, 0.15) is 11.5 Å². The second kappa shape index (κ2) is 12.5. The first-order chi connectivity index (χ1) is 25.8. The summed E-state index contributed by atoms with van der Waals surface area (Å²) in [6.07, 6.45) is 6.48. The average molecular weight is 683 g/mol. The van der Waals surface area contributed by atoms with Crippen LogP contribution in [0.25, 0.3) is 62.1 Å². The van der Waals surface area contributed by atoms with Crippen LogP contribution in [0.4, 0.5) is 0 Å². The van der Waals surface area contributed by atoms with Crippen LogP contribution in [-0.4, -0.2) is 0 Å². The van der Waals surface area contributed by atoms with E-state index in [9.17, 15) is 0 Å². The molecule has 2 heterocycles. The SMILES string of the molecule is c1cccc(-c2ccccc2-c2oc(-c3ccc4c(c3)-c3cc(-c5ccccc5)ccc3S4(c3ccccc3)c3ccccc3)c3c2CCC=C3)c#1. The number of benzene rings is 6. The van der Waals surface area contributed by atoms with Crippen LogP contribution in [0.3, 0.4) is 0 Å². The third-order valence-corrected chi connectivity index (χ3v) is 14.5. The molecule has 0 radical (unpaired) electrons. The van der Waals surface area contributed by atoms with Gasteiger partial charge in [-0.25, -0.2) is 0 Å². The minimum Gasteiger partial charge on any atom is -0.455 e. The predicted octanol–water partition coefficient (Wildman–Crippen LogP) is 13.8. The van der Waals surface area contributed by atoms with Gasteiger partial charge in [-0.1, -0.05) is 133 Å². The zero-order valence-electron chi connectivity index (χ0n) is 28.6. The Hall–Kier alpha value is -6.27. The van der Waals surface area contributed by atoms with Gasteiger partial charge < -0.3 is 4.42 Å². The molecular formula is C50H34OS. The molecule has 10 rings (SSSR count).